The molecule has 12 nitrogen and oxygen atoms in total. The molecule has 0 unspecified atom stereocenters. The molecule has 3 N–H and O–H groups in total. The maximum absolute atomic E-state index is 13.3. The molecule has 0 saturated carbocycles. The molecule has 266 valence electrons. The van der Waals surface area contributed by atoms with E-state index < -0.39 is 16.0 Å². The number of amides is 1. The second-order valence-electron chi connectivity index (χ2n) is 12.6. The van der Waals surface area contributed by atoms with Crippen LogP contribution in [0.25, 0.3) is 11.3 Å². The first kappa shape index (κ1) is 38.1. The van der Waals surface area contributed by atoms with Gasteiger partial charge in [0.15, 0.2) is 0 Å². The molecule has 3 aromatic carbocycles. The van der Waals surface area contributed by atoms with E-state index in [9.17, 15) is 23.1 Å². The van der Waals surface area contributed by atoms with E-state index in [-0.39, 0.29) is 66.1 Å². The predicted octanol–water partition coefficient (Wildman–Crippen LogP) is 6.09. The highest BCUT2D eigenvalue weighted by Gasteiger charge is 2.33. The minimum Gasteiger partial charge on any atom is -0.478 e. The molecule has 50 heavy (non-hydrogen) atoms. The Bertz CT molecular complexity index is 1880. The Balaban J connectivity index is 0.00000562. The van der Waals surface area contributed by atoms with Gasteiger partial charge in [-0.3, -0.25) is 0 Å². The maximum atomic E-state index is 13.3. The zero-order chi connectivity index (χ0) is 35.1. The van der Waals surface area contributed by atoms with Gasteiger partial charge in [0.25, 0.3) is 10.0 Å². The minimum atomic E-state index is -4.25. The molecule has 5 rings (SSSR count). The Hall–Kier alpha value is -4.72. The lowest BCUT2D eigenvalue weighted by atomic mass is 10.00. The molecule has 1 aliphatic heterocycles. The van der Waals surface area contributed by atoms with Gasteiger partial charge in [0.2, 0.25) is 11.8 Å². The summed E-state index contributed by atoms with van der Waals surface area (Å²) in [5, 5.41) is 13.0. The van der Waals surface area contributed by atoms with Crippen molar-refractivity contribution in [3.05, 3.63) is 101 Å². The van der Waals surface area contributed by atoms with Gasteiger partial charge in [-0.15, -0.1) is 12.4 Å². The van der Waals surface area contributed by atoms with Gasteiger partial charge in [-0.25, -0.2) is 27.7 Å². The van der Waals surface area contributed by atoms with E-state index >= 15 is 0 Å². The van der Waals surface area contributed by atoms with Crippen LogP contribution in [0.4, 0.5) is 10.7 Å². The summed E-state index contributed by atoms with van der Waals surface area (Å²) >= 11 is 0. The number of hydrogen-bond acceptors (Lipinski definition) is 9. The smallest absolute Gasteiger partial charge is 0.410 e. The fourth-order valence-corrected chi connectivity index (χ4v) is 6.67. The van der Waals surface area contributed by atoms with E-state index in [2.05, 4.69) is 33.9 Å². The summed E-state index contributed by atoms with van der Waals surface area (Å²) in [5.74, 6) is -0.955. The van der Waals surface area contributed by atoms with E-state index in [1.54, 1.807) is 11.0 Å². The average molecular weight is 724 g/mol. The van der Waals surface area contributed by atoms with Crippen molar-refractivity contribution in [1.29, 1.82) is 0 Å². The van der Waals surface area contributed by atoms with Gasteiger partial charge in [-0.1, -0.05) is 68.4 Å². The summed E-state index contributed by atoms with van der Waals surface area (Å²) in [7, 11) is -4.25. The number of aromatic carboxylic acids is 1. The van der Waals surface area contributed by atoms with Crippen molar-refractivity contribution in [2.45, 2.75) is 57.7 Å². The lowest BCUT2D eigenvalue weighted by molar-refractivity contribution is 0.0546. The van der Waals surface area contributed by atoms with Gasteiger partial charge in [0, 0.05) is 36.8 Å². The number of ether oxygens (including phenoxy) is 2. The Morgan fingerprint density at radius 1 is 0.960 bits per heavy atom. The van der Waals surface area contributed by atoms with Gasteiger partial charge in [0.1, 0.15) is 13.2 Å². The molecule has 1 aromatic heterocycles. The lowest BCUT2D eigenvalue weighted by Crippen LogP contribution is -2.62. The second kappa shape index (κ2) is 16.8. The van der Waals surface area contributed by atoms with Crippen molar-refractivity contribution in [1.82, 2.24) is 20.2 Å². The van der Waals surface area contributed by atoms with Crippen LogP contribution in [0.2, 0.25) is 0 Å². The third-order valence-electron chi connectivity index (χ3n) is 8.06. The number of carbonyl (C=O) groups excluding carboxylic acids is 1. The topological polar surface area (TPSA) is 160 Å². The van der Waals surface area contributed by atoms with Gasteiger partial charge in [-0.05, 0) is 61.1 Å². The summed E-state index contributed by atoms with van der Waals surface area (Å²) < 4.78 is 40.8. The molecule has 14 heteroatoms. The zero-order valence-corrected chi connectivity index (χ0v) is 30.0. The summed E-state index contributed by atoms with van der Waals surface area (Å²) in [6, 6.07) is 22.0. The van der Waals surface area contributed by atoms with Crippen LogP contribution in [0.5, 0.6) is 5.88 Å². The largest absolute Gasteiger partial charge is 0.478 e. The van der Waals surface area contributed by atoms with Crippen LogP contribution in [0.3, 0.4) is 0 Å². The second-order valence-corrected chi connectivity index (χ2v) is 14.2. The first-order chi connectivity index (χ1) is 23.4. The number of halogens is 1. The molecule has 1 aliphatic rings. The number of sulfonamides is 1. The molecule has 0 spiro atoms. The average Bonchev–Trinajstić information content (AvgIpc) is 3.04. The molecule has 1 amide bonds. The third kappa shape index (κ3) is 9.93. The van der Waals surface area contributed by atoms with Gasteiger partial charge in [-0.2, -0.15) is 4.98 Å². The number of aryl methyl sites for hydroxylation is 2. The Morgan fingerprint density at radius 2 is 1.64 bits per heavy atom. The molecule has 1 atom stereocenters. The highest BCUT2D eigenvalue weighted by molar-refractivity contribution is 7.92. The maximum Gasteiger partial charge on any atom is 0.410 e. The standard InChI is InChI=1S/C36H41N5O7S.ClH/c1-23(2)16-28(37-29-19-41(20-29)36(44)48-21-26-12-6-5-7-13-26)22-47-32-18-31(33-24(3)10-8-11-25(33)4)38-35(39-32)40-49(45,46)30-15-9-14-27(17-30)34(42)43;/h5-15,17-18,23,28-29,37H,16,19-22H2,1-4H3,(H,42,43)(H,38,39,40);1H/t28-;/m1./s1. The quantitative estimate of drug-likeness (QED) is 0.139. The molecular weight excluding hydrogens is 682 g/mol. The summed E-state index contributed by atoms with van der Waals surface area (Å²) in [6.45, 7) is 9.54. The number of rotatable bonds is 14. The van der Waals surface area contributed by atoms with E-state index in [1.165, 1.54) is 18.2 Å². The van der Waals surface area contributed by atoms with Crippen LogP contribution in [0, 0.1) is 19.8 Å². The van der Waals surface area contributed by atoms with Crippen molar-refractivity contribution < 1.29 is 32.6 Å². The Kier molecular flexibility index (Phi) is 12.8. The van der Waals surface area contributed by atoms with E-state index in [1.807, 2.05) is 62.4 Å². The van der Waals surface area contributed by atoms with Crippen molar-refractivity contribution in [2.24, 2.45) is 5.92 Å². The molecule has 0 aliphatic carbocycles. The zero-order valence-electron chi connectivity index (χ0n) is 28.3. The van der Waals surface area contributed by atoms with Gasteiger partial charge < -0.3 is 24.8 Å². The number of nitrogens with zero attached hydrogens (tertiary/aromatic N) is 3. The van der Waals surface area contributed by atoms with Crippen molar-refractivity contribution in [3.63, 3.8) is 0 Å². The van der Waals surface area contributed by atoms with Crippen molar-refractivity contribution >= 4 is 40.4 Å². The van der Waals surface area contributed by atoms with Crippen LogP contribution < -0.4 is 14.8 Å². The first-order valence-electron chi connectivity index (χ1n) is 16.0. The third-order valence-corrected chi connectivity index (χ3v) is 9.39. The fraction of sp³-hybridized carbons (Fsp3) is 0.333. The van der Waals surface area contributed by atoms with Gasteiger partial charge in [0.05, 0.1) is 16.2 Å². The van der Waals surface area contributed by atoms with Crippen LogP contribution in [0.15, 0.2) is 83.8 Å². The molecule has 1 fully saturated rings. The van der Waals surface area contributed by atoms with E-state index in [0.29, 0.717) is 24.7 Å². The summed E-state index contributed by atoms with van der Waals surface area (Å²) in [4.78, 5) is 34.4. The van der Waals surface area contributed by atoms with Crippen molar-refractivity contribution in [2.75, 3.05) is 24.4 Å². The number of anilines is 1. The first-order valence-corrected chi connectivity index (χ1v) is 17.5. The molecule has 0 bridgehead atoms. The SMILES string of the molecule is Cc1cccc(C)c1-c1cc(OC[C@@H](CC(C)C)NC2CN(C(=O)OCc3ccccc3)C2)nc(NS(=O)(=O)c2cccc(C(=O)O)c2)n1.Cl. The van der Waals surface area contributed by atoms with Crippen LogP contribution in [-0.2, 0) is 21.4 Å². The number of carbonyl (C=O) groups is 2. The number of likely N-dealkylation sites (tertiary alicyclic amines) is 1. The predicted molar refractivity (Wildman–Crippen MR) is 192 cm³/mol. The lowest BCUT2D eigenvalue weighted by Gasteiger charge is -2.40. The highest BCUT2D eigenvalue weighted by Crippen LogP contribution is 2.29. The van der Waals surface area contributed by atoms with Crippen molar-refractivity contribution in [3.8, 4) is 17.1 Å². The number of carboxylic acids is 1. The number of benzene rings is 3. The van der Waals surface area contributed by atoms with Crippen LogP contribution in [0.1, 0.15) is 47.3 Å². The van der Waals surface area contributed by atoms with E-state index in [0.717, 1.165) is 34.7 Å². The molecule has 1 saturated heterocycles. The monoisotopic (exact) mass is 723 g/mol. The van der Waals surface area contributed by atoms with Crippen LogP contribution in [-0.4, -0.2) is 72.2 Å². The number of carboxylic acid groups (broad SMARTS) is 1. The summed E-state index contributed by atoms with van der Waals surface area (Å²) in [6.07, 6.45) is 0.423. The number of nitrogens with one attached hydrogen (secondary N) is 2. The number of hydrogen-bond donors (Lipinski definition) is 3. The highest BCUT2D eigenvalue weighted by atomic mass is 35.5. The van der Waals surface area contributed by atoms with Crippen LogP contribution >= 0.6 is 12.4 Å². The van der Waals surface area contributed by atoms with E-state index in [4.69, 9.17) is 9.47 Å². The molecule has 4 aromatic rings. The molecule has 2 heterocycles. The fourth-order valence-electron chi connectivity index (χ4n) is 5.68. The normalized spacial score (nSPS) is 13.6. The Labute approximate surface area is 298 Å². The summed E-state index contributed by atoms with van der Waals surface area (Å²) in [5.41, 5.74) is 3.91. The molecular formula is C36H42ClN5O7S. The molecule has 0 radical (unpaired) electrons. The minimum absolute atomic E-state index is 0. The Morgan fingerprint density at radius 3 is 2.30 bits per heavy atom. The number of aromatic nitrogens is 2. The van der Waals surface area contributed by atoms with Gasteiger partial charge >= 0.3 is 12.1 Å².